The van der Waals surface area contributed by atoms with Crippen LogP contribution in [0.5, 0.6) is 0 Å². The average molecular weight is 300 g/mol. The second kappa shape index (κ2) is 9.65. The summed E-state index contributed by atoms with van der Waals surface area (Å²) in [4.78, 5) is 15.6. The summed E-state index contributed by atoms with van der Waals surface area (Å²) in [5.41, 5.74) is 8.49. The molecule has 0 unspecified atom stereocenters. The van der Waals surface area contributed by atoms with Gasteiger partial charge in [0.1, 0.15) is 0 Å². The Hall–Kier alpha value is -0.360. The van der Waals surface area contributed by atoms with E-state index in [4.69, 9.17) is 5.73 Å². The minimum Gasteiger partial charge on any atom is -0.354 e. The van der Waals surface area contributed by atoms with E-state index in [-0.39, 0.29) is 36.6 Å². The van der Waals surface area contributed by atoms with Crippen molar-refractivity contribution >= 4 is 42.1 Å². The normalized spacial score (nSPS) is 11.3. The van der Waals surface area contributed by atoms with Gasteiger partial charge >= 0.3 is 0 Å². The molecule has 0 fully saturated rings. The van der Waals surface area contributed by atoms with Crippen LogP contribution in [0.3, 0.4) is 0 Å². The van der Waals surface area contributed by atoms with Gasteiger partial charge in [0.05, 0.1) is 17.2 Å². The summed E-state index contributed by atoms with van der Waals surface area (Å²) in [5, 5.41) is 4.78. The second-order valence-electron chi connectivity index (χ2n) is 3.79. The Morgan fingerprint density at radius 2 is 2.18 bits per heavy atom. The number of nitrogens with zero attached hydrogens (tertiary/aromatic N) is 1. The maximum atomic E-state index is 11.5. The van der Waals surface area contributed by atoms with E-state index < -0.39 is 6.04 Å². The van der Waals surface area contributed by atoms with Crippen LogP contribution in [0.2, 0.25) is 0 Å². The molecule has 1 heterocycles. The largest absolute Gasteiger partial charge is 0.354 e. The van der Waals surface area contributed by atoms with Gasteiger partial charge in [-0.1, -0.05) is 13.8 Å². The Balaban J connectivity index is 0. The molecule has 3 N–H and O–H groups in total. The molecular weight excluding hydrogens is 281 g/mol. The van der Waals surface area contributed by atoms with E-state index in [1.807, 2.05) is 19.2 Å². The van der Waals surface area contributed by atoms with Crippen molar-refractivity contribution in [1.29, 1.82) is 0 Å². The molecule has 1 amide bonds. The number of halogens is 2. The summed E-state index contributed by atoms with van der Waals surface area (Å²) in [5.74, 6) is 0.0875. The van der Waals surface area contributed by atoms with Gasteiger partial charge in [-0.05, 0) is 5.92 Å². The van der Waals surface area contributed by atoms with Crippen molar-refractivity contribution in [2.75, 3.05) is 6.54 Å². The molecule has 7 heteroatoms. The van der Waals surface area contributed by atoms with Crippen LogP contribution in [-0.4, -0.2) is 23.5 Å². The van der Waals surface area contributed by atoms with E-state index in [0.29, 0.717) is 6.54 Å². The van der Waals surface area contributed by atoms with E-state index in [9.17, 15) is 4.79 Å². The first kappa shape index (κ1) is 19.0. The predicted molar refractivity (Wildman–Crippen MR) is 76.1 cm³/mol. The summed E-state index contributed by atoms with van der Waals surface area (Å²) < 4.78 is 0. The summed E-state index contributed by atoms with van der Waals surface area (Å²) in [6.07, 6.45) is 0.764. The van der Waals surface area contributed by atoms with Gasteiger partial charge in [-0.15, -0.1) is 36.2 Å². The number of thiazole rings is 1. The average Bonchev–Trinajstić information content (AvgIpc) is 2.69. The topological polar surface area (TPSA) is 68.0 Å². The molecule has 0 bridgehead atoms. The zero-order valence-electron chi connectivity index (χ0n) is 9.88. The molecule has 1 rings (SSSR count). The molecule has 1 aromatic rings. The van der Waals surface area contributed by atoms with Gasteiger partial charge in [-0.25, -0.2) is 4.98 Å². The van der Waals surface area contributed by atoms with Crippen LogP contribution >= 0.6 is 36.2 Å². The predicted octanol–water partition coefficient (Wildman–Crippen LogP) is 1.63. The van der Waals surface area contributed by atoms with Crippen molar-refractivity contribution in [1.82, 2.24) is 10.3 Å². The quantitative estimate of drug-likeness (QED) is 0.868. The Kier molecular flexibility index (Phi) is 10.8. The van der Waals surface area contributed by atoms with Crippen molar-refractivity contribution in [2.24, 2.45) is 11.7 Å². The molecule has 17 heavy (non-hydrogen) atoms. The summed E-state index contributed by atoms with van der Waals surface area (Å²) in [7, 11) is 0. The van der Waals surface area contributed by atoms with Crippen LogP contribution < -0.4 is 11.1 Å². The van der Waals surface area contributed by atoms with Crippen LogP contribution in [0, 0.1) is 5.92 Å². The Morgan fingerprint density at radius 1 is 1.53 bits per heavy atom. The third-order valence-electron chi connectivity index (χ3n) is 2.18. The van der Waals surface area contributed by atoms with Crippen LogP contribution in [0.1, 0.15) is 19.5 Å². The Bertz CT molecular complexity index is 307. The first-order valence-electron chi connectivity index (χ1n) is 5.01. The molecular formula is C10H19Cl2N3OS. The zero-order chi connectivity index (χ0) is 11.3. The number of amides is 1. The van der Waals surface area contributed by atoms with Gasteiger partial charge in [-0.3, -0.25) is 4.79 Å². The lowest BCUT2D eigenvalue weighted by molar-refractivity contribution is -0.123. The van der Waals surface area contributed by atoms with Crippen LogP contribution in [0.25, 0.3) is 0 Å². The summed E-state index contributed by atoms with van der Waals surface area (Å²) in [6, 6.07) is -0.416. The van der Waals surface area contributed by atoms with Crippen molar-refractivity contribution < 1.29 is 4.79 Å². The molecule has 100 valence electrons. The van der Waals surface area contributed by atoms with Crippen LogP contribution in [0.15, 0.2) is 10.9 Å². The highest BCUT2D eigenvalue weighted by molar-refractivity contribution is 7.07. The smallest absolute Gasteiger partial charge is 0.237 e. The van der Waals surface area contributed by atoms with Gasteiger partial charge in [-0.2, -0.15) is 0 Å². The number of carbonyl (C=O) groups excluding carboxylic acids is 1. The van der Waals surface area contributed by atoms with Gasteiger partial charge in [0.25, 0.3) is 0 Å². The van der Waals surface area contributed by atoms with Crippen molar-refractivity contribution in [3.05, 3.63) is 16.6 Å². The van der Waals surface area contributed by atoms with E-state index in [0.717, 1.165) is 12.1 Å². The molecule has 0 aliphatic carbocycles. The number of nitrogens with one attached hydrogen (secondary N) is 1. The SMILES string of the molecule is CC(C)[C@@H](N)C(=O)NCCc1cscn1.Cl.Cl. The lowest BCUT2D eigenvalue weighted by Gasteiger charge is -2.14. The Labute approximate surface area is 118 Å². The third-order valence-corrected chi connectivity index (χ3v) is 2.82. The van der Waals surface area contributed by atoms with E-state index in [1.54, 1.807) is 16.8 Å². The molecule has 1 aromatic heterocycles. The molecule has 0 saturated carbocycles. The first-order valence-corrected chi connectivity index (χ1v) is 5.96. The standard InChI is InChI=1S/C10H17N3OS.2ClH/c1-7(2)9(11)10(14)12-4-3-8-5-15-6-13-8;;/h5-7,9H,3-4,11H2,1-2H3,(H,12,14);2*1H/t9-;;/m1../s1. The van der Waals surface area contributed by atoms with Crippen molar-refractivity contribution in [2.45, 2.75) is 26.3 Å². The number of carbonyl (C=O) groups is 1. The van der Waals surface area contributed by atoms with E-state index >= 15 is 0 Å². The lowest BCUT2D eigenvalue weighted by atomic mass is 10.1. The number of hydrogen-bond acceptors (Lipinski definition) is 4. The summed E-state index contributed by atoms with van der Waals surface area (Å²) in [6.45, 7) is 4.47. The fourth-order valence-electron chi connectivity index (χ4n) is 1.10. The first-order chi connectivity index (χ1) is 7.11. The maximum absolute atomic E-state index is 11.5. The summed E-state index contributed by atoms with van der Waals surface area (Å²) >= 11 is 1.56. The van der Waals surface area contributed by atoms with E-state index in [2.05, 4.69) is 10.3 Å². The van der Waals surface area contributed by atoms with Gasteiger partial charge < -0.3 is 11.1 Å². The molecule has 0 aromatic carbocycles. The molecule has 0 spiro atoms. The van der Waals surface area contributed by atoms with Crippen molar-refractivity contribution in [3.63, 3.8) is 0 Å². The molecule has 1 atom stereocenters. The van der Waals surface area contributed by atoms with Crippen LogP contribution in [0.4, 0.5) is 0 Å². The minimum atomic E-state index is -0.416. The highest BCUT2D eigenvalue weighted by Crippen LogP contribution is 2.01. The molecule has 0 aliphatic rings. The number of rotatable bonds is 5. The second-order valence-corrected chi connectivity index (χ2v) is 4.51. The highest BCUT2D eigenvalue weighted by atomic mass is 35.5. The molecule has 0 radical (unpaired) electrons. The maximum Gasteiger partial charge on any atom is 0.237 e. The van der Waals surface area contributed by atoms with E-state index in [1.165, 1.54) is 0 Å². The van der Waals surface area contributed by atoms with Gasteiger partial charge in [0, 0.05) is 18.3 Å². The molecule has 0 aliphatic heterocycles. The lowest BCUT2D eigenvalue weighted by Crippen LogP contribution is -2.44. The fraction of sp³-hybridized carbons (Fsp3) is 0.600. The Morgan fingerprint density at radius 3 is 2.65 bits per heavy atom. The van der Waals surface area contributed by atoms with Gasteiger partial charge in [0.15, 0.2) is 0 Å². The minimum absolute atomic E-state index is 0. The zero-order valence-corrected chi connectivity index (χ0v) is 12.3. The van der Waals surface area contributed by atoms with Crippen molar-refractivity contribution in [3.8, 4) is 0 Å². The number of nitrogens with two attached hydrogens (primary N) is 1. The molecule has 4 nitrogen and oxygen atoms in total. The monoisotopic (exact) mass is 299 g/mol. The highest BCUT2D eigenvalue weighted by Gasteiger charge is 2.16. The third kappa shape index (κ3) is 6.83. The fourth-order valence-corrected chi connectivity index (χ4v) is 1.69. The van der Waals surface area contributed by atoms with Gasteiger partial charge in [0.2, 0.25) is 5.91 Å². The van der Waals surface area contributed by atoms with Crippen LogP contribution in [-0.2, 0) is 11.2 Å². The number of aromatic nitrogens is 1. The number of hydrogen-bond donors (Lipinski definition) is 2. The molecule has 0 saturated heterocycles.